The van der Waals surface area contributed by atoms with Crippen molar-refractivity contribution in [1.82, 2.24) is 0 Å². The molecule has 0 amide bonds. The van der Waals surface area contributed by atoms with Gasteiger partial charge < -0.3 is 0 Å². The quantitative estimate of drug-likeness (QED) is 0.289. The second kappa shape index (κ2) is 10.8. The zero-order valence-corrected chi connectivity index (χ0v) is 16.2. The first-order valence-electron chi connectivity index (χ1n) is 6.63. The van der Waals surface area contributed by atoms with Crippen LogP contribution < -0.4 is 0 Å². The van der Waals surface area contributed by atoms with Crippen LogP contribution in [0.1, 0.15) is 59.3 Å². The van der Waals surface area contributed by atoms with Crippen molar-refractivity contribution in [2.75, 3.05) is 18.5 Å². The SMILES string of the molecule is CCCC[PH](CCCC)(CCCC)[Fe]([Br])[Br]. The first kappa shape index (κ1) is 17.9. The van der Waals surface area contributed by atoms with E-state index in [1.807, 2.05) is 0 Å². The van der Waals surface area contributed by atoms with E-state index >= 15 is 0 Å². The van der Waals surface area contributed by atoms with E-state index in [2.05, 4.69) is 49.0 Å². The number of unbranched alkanes of at least 4 members (excludes halogenated alkanes) is 3. The molecule has 0 aromatic heterocycles. The number of hydrogen-bond donors (Lipinski definition) is 0. The van der Waals surface area contributed by atoms with Crippen molar-refractivity contribution in [2.45, 2.75) is 59.3 Å². The van der Waals surface area contributed by atoms with Crippen LogP contribution in [-0.2, 0) is 9.84 Å². The summed E-state index contributed by atoms with van der Waals surface area (Å²) in [4.78, 5) is 0. The van der Waals surface area contributed by atoms with E-state index in [0.717, 1.165) is 0 Å². The van der Waals surface area contributed by atoms with Crippen molar-refractivity contribution in [2.24, 2.45) is 0 Å². The molecule has 16 heavy (non-hydrogen) atoms. The fraction of sp³-hybridized carbons (Fsp3) is 1.00. The molecule has 0 fully saturated rings. The topological polar surface area (TPSA) is 0 Å². The Morgan fingerprint density at radius 1 is 0.750 bits per heavy atom. The molecule has 0 N–H and O–H groups in total. The molecule has 0 spiro atoms. The molecule has 0 rings (SSSR count). The number of halogens is 2. The maximum atomic E-state index is 3.95. The molecule has 0 saturated heterocycles. The first-order chi connectivity index (χ1) is 7.63. The normalized spacial score (nSPS) is 13.9. The van der Waals surface area contributed by atoms with Crippen LogP contribution in [0.15, 0.2) is 0 Å². The van der Waals surface area contributed by atoms with E-state index in [-0.39, 0.29) is 9.84 Å². The Morgan fingerprint density at radius 2 is 1.06 bits per heavy atom. The molecule has 0 nitrogen and oxygen atoms in total. The molecule has 4 heteroatoms. The van der Waals surface area contributed by atoms with Crippen LogP contribution in [0.4, 0.5) is 0 Å². The van der Waals surface area contributed by atoms with E-state index in [1.54, 1.807) is 18.5 Å². The predicted octanol–water partition coefficient (Wildman–Crippen LogP) is 6.29. The zero-order valence-electron chi connectivity index (χ0n) is 11.0. The van der Waals surface area contributed by atoms with Crippen LogP contribution in [0.2, 0.25) is 0 Å². The minimum absolute atomic E-state index is 0.202. The van der Waals surface area contributed by atoms with E-state index < -0.39 is 5.95 Å². The summed E-state index contributed by atoms with van der Waals surface area (Å²) < 4.78 is 0. The fourth-order valence-corrected chi connectivity index (χ4v) is 20.2. The average Bonchev–Trinajstić information content (AvgIpc) is 2.28. The molecule has 0 unspecified atom stereocenters. The Balaban J connectivity index is 4.46. The van der Waals surface area contributed by atoms with Crippen molar-refractivity contribution in [3.63, 3.8) is 0 Å². The molecule has 0 aromatic rings. The Bertz CT molecular complexity index is 143. The molecule has 0 aliphatic heterocycles. The summed E-state index contributed by atoms with van der Waals surface area (Å²) in [5, 5.41) is 0. The van der Waals surface area contributed by atoms with Gasteiger partial charge in [-0.2, -0.15) is 0 Å². The van der Waals surface area contributed by atoms with Crippen LogP contribution in [0, 0.1) is 0 Å². The summed E-state index contributed by atoms with van der Waals surface area (Å²) in [5.41, 5.74) is 0. The van der Waals surface area contributed by atoms with Crippen LogP contribution in [0.5, 0.6) is 0 Å². The van der Waals surface area contributed by atoms with Gasteiger partial charge in [-0.25, -0.2) is 0 Å². The molecule has 0 heterocycles. The Kier molecular flexibility index (Phi) is 12.1. The van der Waals surface area contributed by atoms with E-state index in [0.29, 0.717) is 0 Å². The molecule has 0 bridgehead atoms. The van der Waals surface area contributed by atoms with Crippen molar-refractivity contribution in [3.05, 3.63) is 0 Å². The van der Waals surface area contributed by atoms with Gasteiger partial charge in [0.15, 0.2) is 0 Å². The van der Waals surface area contributed by atoms with E-state index in [4.69, 9.17) is 0 Å². The maximum absolute atomic E-state index is 3.95. The second-order valence-electron chi connectivity index (χ2n) is 4.62. The summed E-state index contributed by atoms with van der Waals surface area (Å²) in [5.74, 6) is -1.02. The fourth-order valence-electron chi connectivity index (χ4n) is 2.04. The number of hydrogen-bond acceptors (Lipinski definition) is 0. The third-order valence-electron chi connectivity index (χ3n) is 3.20. The summed E-state index contributed by atoms with van der Waals surface area (Å²) in [7, 11) is -0.202. The molecule has 0 aliphatic rings. The summed E-state index contributed by atoms with van der Waals surface area (Å²) >= 11 is 7.90. The van der Waals surface area contributed by atoms with Crippen LogP contribution in [-0.4, -0.2) is 18.5 Å². The molecule has 0 aliphatic carbocycles. The van der Waals surface area contributed by atoms with Gasteiger partial charge in [0.05, 0.1) is 0 Å². The van der Waals surface area contributed by atoms with Gasteiger partial charge >= 0.3 is 122 Å². The molecule has 0 atom stereocenters. The van der Waals surface area contributed by atoms with Crippen molar-refractivity contribution in [3.8, 4) is 0 Å². The van der Waals surface area contributed by atoms with Gasteiger partial charge in [0.1, 0.15) is 0 Å². The second-order valence-corrected chi connectivity index (χ2v) is 25.9. The van der Waals surface area contributed by atoms with Crippen LogP contribution >= 0.6 is 34.2 Å². The standard InChI is InChI=1S/C12H27P.2BrH.Fe/c1-4-7-10-13(11-8-5-2)12-9-6-3;;;/h4-12H2,1-3H3;2*1H;/q;;;+1/p-1. The average molecular weight is 419 g/mol. The van der Waals surface area contributed by atoms with Gasteiger partial charge in [0, 0.05) is 0 Å². The molecule has 0 radical (unpaired) electrons. The first-order valence-corrected chi connectivity index (χ1v) is 16.2. The molecule has 0 saturated carbocycles. The summed E-state index contributed by atoms with van der Waals surface area (Å²) in [6, 6.07) is 0. The minimum atomic E-state index is -1.02. The van der Waals surface area contributed by atoms with Gasteiger partial charge in [0.2, 0.25) is 0 Å². The summed E-state index contributed by atoms with van der Waals surface area (Å²) in [6.45, 7) is 6.98. The number of rotatable bonds is 10. The van der Waals surface area contributed by atoms with Gasteiger partial charge in [-0.15, -0.1) is 0 Å². The molecular formula is C12H28Br2FeP. The van der Waals surface area contributed by atoms with E-state index in [9.17, 15) is 0 Å². The summed E-state index contributed by atoms with van der Waals surface area (Å²) in [6.07, 6.45) is 13.0. The van der Waals surface area contributed by atoms with Crippen molar-refractivity contribution in [1.29, 1.82) is 0 Å². The van der Waals surface area contributed by atoms with Gasteiger partial charge in [-0.1, -0.05) is 0 Å². The van der Waals surface area contributed by atoms with Crippen molar-refractivity contribution >= 4 is 34.2 Å². The molecular weight excluding hydrogens is 391 g/mol. The predicted molar refractivity (Wildman–Crippen MR) is 85.5 cm³/mol. The Morgan fingerprint density at radius 3 is 1.25 bits per heavy atom. The van der Waals surface area contributed by atoms with E-state index in [1.165, 1.54) is 38.5 Å². The van der Waals surface area contributed by atoms with Crippen molar-refractivity contribution < 1.29 is 9.84 Å². The monoisotopic (exact) mass is 417 g/mol. The molecule has 0 aromatic carbocycles. The third-order valence-corrected chi connectivity index (χ3v) is 27.3. The van der Waals surface area contributed by atoms with Gasteiger partial charge in [-0.05, 0) is 0 Å². The Hall–Kier alpha value is 1.91. The van der Waals surface area contributed by atoms with Crippen LogP contribution in [0.25, 0.3) is 0 Å². The van der Waals surface area contributed by atoms with Crippen LogP contribution in [0.3, 0.4) is 0 Å². The van der Waals surface area contributed by atoms with Gasteiger partial charge in [-0.3, -0.25) is 0 Å². The zero-order chi connectivity index (χ0) is 12.4. The Labute approximate surface area is 121 Å². The molecule has 103 valence electrons. The van der Waals surface area contributed by atoms with Gasteiger partial charge in [0.25, 0.3) is 0 Å². The third kappa shape index (κ3) is 6.74.